The summed E-state index contributed by atoms with van der Waals surface area (Å²) in [4.78, 5) is 32.9. The maximum atomic E-state index is 11.7. The van der Waals surface area contributed by atoms with Crippen molar-refractivity contribution in [1.29, 1.82) is 0 Å². The number of aliphatic hydroxyl groups excluding tert-OH is 2. The Kier molecular flexibility index (Phi) is 4.44. The molecule has 1 aliphatic rings. The molecule has 1 fully saturated rings. The zero-order valence-electron chi connectivity index (χ0n) is 10.5. The molecule has 1 saturated heterocycles. The molecule has 0 spiro atoms. The van der Waals surface area contributed by atoms with E-state index in [9.17, 15) is 14.5 Å². The number of ether oxygens (including phenoxy) is 1. The molecule has 1 aromatic rings. The predicted molar refractivity (Wildman–Crippen MR) is 66.8 cm³/mol. The number of aromatic nitrogens is 2. The van der Waals surface area contributed by atoms with Crippen molar-refractivity contribution in [3.05, 3.63) is 22.7 Å². The van der Waals surface area contributed by atoms with Gasteiger partial charge in [-0.15, -0.1) is 0 Å². The first-order chi connectivity index (χ1) is 9.73. The topological polar surface area (TPSA) is 177 Å². The van der Waals surface area contributed by atoms with Crippen LogP contribution in [0.15, 0.2) is 17.1 Å². The summed E-state index contributed by atoms with van der Waals surface area (Å²) in [6, 6.07) is 1.26. The van der Waals surface area contributed by atoms with Crippen LogP contribution in [0.4, 0.5) is 5.82 Å². The van der Waals surface area contributed by atoms with Crippen molar-refractivity contribution in [3.8, 4) is 0 Å². The highest BCUT2D eigenvalue weighted by Gasteiger charge is 2.48. The van der Waals surface area contributed by atoms with Crippen LogP contribution in [0.25, 0.3) is 0 Å². The van der Waals surface area contributed by atoms with E-state index in [1.165, 1.54) is 12.3 Å². The minimum absolute atomic E-state index is 0.0547. The Balaban J connectivity index is 2.39. The molecule has 118 valence electrons. The van der Waals surface area contributed by atoms with E-state index in [4.69, 9.17) is 25.4 Å². The standard InChI is InChI=1S/C9H14N3O8P/c10-5-1-2-12(9(15)11-5)8-7(20-21(16,17)18)6(14)4(3-13)19-8/h1-2,4,6-8,13-14H,3H2,(H2,10,11,15)(H2,16,17,18)/t4-,6-,7+,8+/m0/s1. The van der Waals surface area contributed by atoms with E-state index >= 15 is 0 Å². The lowest BCUT2D eigenvalue weighted by Crippen LogP contribution is -2.37. The second-order valence-corrected chi connectivity index (χ2v) is 5.53. The second-order valence-electron chi connectivity index (χ2n) is 4.34. The van der Waals surface area contributed by atoms with Gasteiger partial charge in [0.1, 0.15) is 24.1 Å². The van der Waals surface area contributed by atoms with Crippen molar-refractivity contribution in [2.75, 3.05) is 12.3 Å². The fraction of sp³-hybridized carbons (Fsp3) is 0.556. The van der Waals surface area contributed by atoms with Crippen LogP contribution in [0.2, 0.25) is 0 Å². The molecule has 0 saturated carbocycles. The van der Waals surface area contributed by atoms with E-state index in [1.54, 1.807) is 0 Å². The number of nitrogen functional groups attached to an aromatic ring is 1. The van der Waals surface area contributed by atoms with Crippen LogP contribution in [0, 0.1) is 0 Å². The molecular weight excluding hydrogens is 309 g/mol. The summed E-state index contributed by atoms with van der Waals surface area (Å²) in [6.45, 7) is -0.629. The molecule has 11 nitrogen and oxygen atoms in total. The van der Waals surface area contributed by atoms with Gasteiger partial charge in [0.05, 0.1) is 6.61 Å². The molecular formula is C9H14N3O8P. The van der Waals surface area contributed by atoms with Crippen molar-refractivity contribution in [3.63, 3.8) is 0 Å². The molecule has 0 amide bonds. The van der Waals surface area contributed by atoms with Crippen LogP contribution in [-0.2, 0) is 13.8 Å². The lowest BCUT2D eigenvalue weighted by Gasteiger charge is -2.22. The van der Waals surface area contributed by atoms with Gasteiger partial charge in [0.25, 0.3) is 0 Å². The molecule has 2 rings (SSSR count). The van der Waals surface area contributed by atoms with Crippen LogP contribution in [0.5, 0.6) is 0 Å². The zero-order chi connectivity index (χ0) is 15.8. The Morgan fingerprint density at radius 1 is 1.52 bits per heavy atom. The van der Waals surface area contributed by atoms with Gasteiger partial charge in [-0.1, -0.05) is 0 Å². The van der Waals surface area contributed by atoms with Crippen molar-refractivity contribution >= 4 is 13.6 Å². The molecule has 1 aliphatic heterocycles. The minimum atomic E-state index is -4.95. The lowest BCUT2D eigenvalue weighted by atomic mass is 10.1. The van der Waals surface area contributed by atoms with E-state index in [0.717, 1.165) is 4.57 Å². The van der Waals surface area contributed by atoms with Crippen molar-refractivity contribution in [2.45, 2.75) is 24.5 Å². The Bertz CT molecular complexity index is 615. The molecule has 0 radical (unpaired) electrons. The number of nitrogens with zero attached hydrogens (tertiary/aromatic N) is 2. The summed E-state index contributed by atoms with van der Waals surface area (Å²) in [5.74, 6) is -0.0547. The molecule has 4 atom stereocenters. The number of hydrogen-bond acceptors (Lipinski definition) is 8. The quantitative estimate of drug-likeness (QED) is 0.374. The summed E-state index contributed by atoms with van der Waals surface area (Å²) in [5, 5.41) is 18.9. The molecule has 0 bridgehead atoms. The van der Waals surface area contributed by atoms with Gasteiger partial charge in [0, 0.05) is 6.20 Å². The number of nitrogens with two attached hydrogens (primary N) is 1. The Hall–Kier alpha value is -1.33. The highest BCUT2D eigenvalue weighted by atomic mass is 31.2. The van der Waals surface area contributed by atoms with Crippen LogP contribution in [0.3, 0.4) is 0 Å². The smallest absolute Gasteiger partial charge is 0.394 e. The molecule has 12 heteroatoms. The van der Waals surface area contributed by atoms with Gasteiger partial charge in [-0.25, -0.2) is 9.36 Å². The Morgan fingerprint density at radius 3 is 2.71 bits per heavy atom. The van der Waals surface area contributed by atoms with Crippen LogP contribution in [0.1, 0.15) is 6.23 Å². The van der Waals surface area contributed by atoms with E-state index < -0.39 is 44.7 Å². The third-order valence-corrected chi connectivity index (χ3v) is 3.40. The van der Waals surface area contributed by atoms with Crippen LogP contribution in [-0.4, -0.2) is 54.5 Å². The van der Waals surface area contributed by atoms with Gasteiger partial charge in [-0.3, -0.25) is 9.09 Å². The maximum Gasteiger partial charge on any atom is 0.470 e. The van der Waals surface area contributed by atoms with Crippen LogP contribution >= 0.6 is 7.82 Å². The highest BCUT2D eigenvalue weighted by molar-refractivity contribution is 7.46. The fourth-order valence-corrected chi connectivity index (χ4v) is 2.53. The largest absolute Gasteiger partial charge is 0.470 e. The summed E-state index contributed by atoms with van der Waals surface area (Å²) in [5.41, 5.74) is 4.48. The van der Waals surface area contributed by atoms with Crippen molar-refractivity contribution in [1.82, 2.24) is 9.55 Å². The molecule has 6 N–H and O–H groups in total. The number of rotatable bonds is 4. The van der Waals surface area contributed by atoms with Gasteiger partial charge in [-0.2, -0.15) is 4.98 Å². The molecule has 0 aromatic carbocycles. The second kappa shape index (κ2) is 5.81. The fourth-order valence-electron chi connectivity index (χ4n) is 1.98. The first-order valence-corrected chi connectivity index (χ1v) is 7.29. The van der Waals surface area contributed by atoms with E-state index in [-0.39, 0.29) is 5.82 Å². The average molecular weight is 323 g/mol. The third kappa shape index (κ3) is 3.47. The molecule has 1 aromatic heterocycles. The van der Waals surface area contributed by atoms with E-state index in [1.807, 2.05) is 0 Å². The number of phosphoric ester groups is 1. The predicted octanol–water partition coefficient (Wildman–Crippen LogP) is -2.45. The Labute approximate surface area is 117 Å². The number of hydrogen-bond donors (Lipinski definition) is 5. The Morgan fingerprint density at radius 2 is 2.19 bits per heavy atom. The first-order valence-electron chi connectivity index (χ1n) is 5.76. The summed E-state index contributed by atoms with van der Waals surface area (Å²) in [6.07, 6.45) is -4.47. The van der Waals surface area contributed by atoms with Gasteiger partial charge < -0.3 is 30.5 Å². The summed E-state index contributed by atoms with van der Waals surface area (Å²) in [7, 11) is -4.95. The zero-order valence-corrected chi connectivity index (χ0v) is 11.4. The monoisotopic (exact) mass is 323 g/mol. The van der Waals surface area contributed by atoms with Crippen molar-refractivity contribution in [2.24, 2.45) is 0 Å². The van der Waals surface area contributed by atoms with E-state index in [0.29, 0.717) is 0 Å². The summed E-state index contributed by atoms with van der Waals surface area (Å²) >= 11 is 0. The maximum absolute atomic E-state index is 11.7. The third-order valence-electron chi connectivity index (χ3n) is 2.88. The molecule has 21 heavy (non-hydrogen) atoms. The molecule has 0 unspecified atom stereocenters. The molecule has 0 aliphatic carbocycles. The van der Waals surface area contributed by atoms with Gasteiger partial charge in [-0.05, 0) is 6.07 Å². The first kappa shape index (κ1) is 16.0. The number of aliphatic hydroxyl groups is 2. The van der Waals surface area contributed by atoms with Gasteiger partial charge >= 0.3 is 13.5 Å². The average Bonchev–Trinajstić information content (AvgIpc) is 2.65. The van der Waals surface area contributed by atoms with Gasteiger partial charge in [0.2, 0.25) is 0 Å². The normalized spacial score (nSPS) is 29.7. The SMILES string of the molecule is Nc1ccn([C@@H]2O[C@@H](CO)[C@H](O)[C@H]2OP(=O)(O)O)c(=O)n1. The van der Waals surface area contributed by atoms with Crippen LogP contribution < -0.4 is 11.4 Å². The van der Waals surface area contributed by atoms with Gasteiger partial charge in [0.15, 0.2) is 6.23 Å². The lowest BCUT2D eigenvalue weighted by molar-refractivity contribution is -0.0543. The highest BCUT2D eigenvalue weighted by Crippen LogP contribution is 2.44. The van der Waals surface area contributed by atoms with Crippen molar-refractivity contribution < 1.29 is 33.8 Å². The molecule has 2 heterocycles. The number of anilines is 1. The summed E-state index contributed by atoms with van der Waals surface area (Å²) < 4.78 is 21.5. The van der Waals surface area contributed by atoms with E-state index in [2.05, 4.69) is 9.51 Å². The minimum Gasteiger partial charge on any atom is -0.394 e. The number of phosphoric acid groups is 1.